The smallest absolute Gasteiger partial charge is 0.275 e. The Morgan fingerprint density at radius 2 is 1.62 bits per heavy atom. The van der Waals surface area contributed by atoms with Crippen LogP contribution in [0.15, 0.2) is 0 Å². The van der Waals surface area contributed by atoms with Crippen LogP contribution in [0.25, 0.3) is 0 Å². The molecule has 0 spiro atoms. The van der Waals surface area contributed by atoms with E-state index in [4.69, 9.17) is 0 Å². The van der Waals surface area contributed by atoms with Crippen molar-refractivity contribution in [2.45, 2.75) is 78.3 Å². The molecule has 0 aromatic rings. The van der Waals surface area contributed by atoms with Crippen molar-refractivity contribution in [1.82, 2.24) is 10.6 Å². The van der Waals surface area contributed by atoms with Crippen LogP contribution in [0, 0.1) is 11.3 Å². The maximum Gasteiger partial charge on any atom is 0.275 e. The van der Waals surface area contributed by atoms with Crippen LogP contribution >= 0.6 is 0 Å². The van der Waals surface area contributed by atoms with Gasteiger partial charge < -0.3 is 15.5 Å². The third kappa shape index (κ3) is 5.76. The molecule has 5 nitrogen and oxygen atoms in total. The summed E-state index contributed by atoms with van der Waals surface area (Å²) in [4.78, 5) is 25.7. The van der Waals surface area contributed by atoms with Crippen molar-refractivity contribution in [1.29, 1.82) is 0 Å². The van der Waals surface area contributed by atoms with Crippen molar-refractivity contribution in [2.75, 3.05) is 19.6 Å². The van der Waals surface area contributed by atoms with Gasteiger partial charge in [-0.2, -0.15) is 0 Å². The van der Waals surface area contributed by atoms with Crippen LogP contribution in [-0.4, -0.2) is 43.5 Å². The van der Waals surface area contributed by atoms with Gasteiger partial charge >= 0.3 is 0 Å². The van der Waals surface area contributed by atoms with Gasteiger partial charge in [0, 0.05) is 30.3 Å². The Labute approximate surface area is 146 Å². The second kappa shape index (κ2) is 8.32. The minimum absolute atomic E-state index is 0.125. The SMILES string of the molecule is C[C@@H]1CCCC[C@H]1NC(=O)C[NH+]1CCC(NC(=O)C(C)(C)C)CC1. The lowest BCUT2D eigenvalue weighted by molar-refractivity contribution is -0.897. The lowest BCUT2D eigenvalue weighted by atomic mass is 9.86. The summed E-state index contributed by atoms with van der Waals surface area (Å²) in [5, 5.41) is 6.40. The van der Waals surface area contributed by atoms with Gasteiger partial charge in [-0.1, -0.05) is 40.5 Å². The fraction of sp³-hybridized carbons (Fsp3) is 0.895. The standard InChI is InChI=1S/C19H35N3O2/c1-14-7-5-6-8-16(14)21-17(23)13-22-11-9-15(10-12-22)20-18(24)19(2,3)4/h14-16H,5-13H2,1-4H3,(H,20,24)(H,21,23)/p+1/t14-,16-/m1/s1. The molecule has 2 rings (SSSR count). The van der Waals surface area contributed by atoms with Crippen molar-refractivity contribution in [3.63, 3.8) is 0 Å². The van der Waals surface area contributed by atoms with Crippen LogP contribution in [0.1, 0.15) is 66.2 Å². The molecule has 1 aliphatic carbocycles. The second-order valence-corrected chi connectivity index (χ2v) is 8.86. The Hall–Kier alpha value is -1.10. The number of quaternary nitrogens is 1. The van der Waals surface area contributed by atoms with Crippen molar-refractivity contribution >= 4 is 11.8 Å². The Kier molecular flexibility index (Phi) is 6.67. The predicted molar refractivity (Wildman–Crippen MR) is 95.7 cm³/mol. The molecule has 1 aliphatic heterocycles. The summed E-state index contributed by atoms with van der Waals surface area (Å²) < 4.78 is 0. The first kappa shape index (κ1) is 19.2. The summed E-state index contributed by atoms with van der Waals surface area (Å²) >= 11 is 0. The molecule has 1 saturated carbocycles. The fourth-order valence-electron chi connectivity index (χ4n) is 3.76. The third-order valence-corrected chi connectivity index (χ3v) is 5.58. The molecule has 5 heteroatoms. The van der Waals surface area contributed by atoms with Gasteiger partial charge in [0.25, 0.3) is 5.91 Å². The first-order valence-corrected chi connectivity index (χ1v) is 9.69. The lowest BCUT2D eigenvalue weighted by Gasteiger charge is -2.32. The van der Waals surface area contributed by atoms with E-state index in [0.717, 1.165) is 32.4 Å². The molecule has 0 aromatic heterocycles. The zero-order chi connectivity index (χ0) is 17.7. The van der Waals surface area contributed by atoms with E-state index in [1.165, 1.54) is 24.2 Å². The van der Waals surface area contributed by atoms with Crippen LogP contribution in [-0.2, 0) is 9.59 Å². The van der Waals surface area contributed by atoms with Crippen LogP contribution in [0.2, 0.25) is 0 Å². The second-order valence-electron chi connectivity index (χ2n) is 8.86. The largest absolute Gasteiger partial charge is 0.352 e. The van der Waals surface area contributed by atoms with Gasteiger partial charge in [0.1, 0.15) is 0 Å². The van der Waals surface area contributed by atoms with Gasteiger partial charge in [-0.15, -0.1) is 0 Å². The van der Waals surface area contributed by atoms with E-state index in [9.17, 15) is 9.59 Å². The average molecular weight is 339 g/mol. The van der Waals surface area contributed by atoms with E-state index >= 15 is 0 Å². The number of rotatable bonds is 4. The highest BCUT2D eigenvalue weighted by Gasteiger charge is 2.29. The molecule has 0 bridgehead atoms. The topological polar surface area (TPSA) is 62.6 Å². The summed E-state index contributed by atoms with van der Waals surface area (Å²) in [6.45, 7) is 10.6. The number of piperidine rings is 1. The average Bonchev–Trinajstić information content (AvgIpc) is 2.50. The summed E-state index contributed by atoms with van der Waals surface area (Å²) in [6.07, 6.45) is 6.82. The van der Waals surface area contributed by atoms with E-state index in [1.54, 1.807) is 0 Å². The Morgan fingerprint density at radius 3 is 2.21 bits per heavy atom. The number of hydrogen-bond donors (Lipinski definition) is 3. The quantitative estimate of drug-likeness (QED) is 0.713. The van der Waals surface area contributed by atoms with Gasteiger partial charge in [0.2, 0.25) is 5.91 Å². The van der Waals surface area contributed by atoms with E-state index in [0.29, 0.717) is 18.5 Å². The molecule has 2 atom stereocenters. The minimum atomic E-state index is -0.333. The normalized spacial score (nSPS) is 31.3. The molecule has 0 radical (unpaired) electrons. The maximum absolute atomic E-state index is 12.3. The molecule has 2 aliphatic rings. The van der Waals surface area contributed by atoms with Gasteiger partial charge in [-0.3, -0.25) is 9.59 Å². The number of hydrogen-bond acceptors (Lipinski definition) is 2. The Bertz CT molecular complexity index is 436. The van der Waals surface area contributed by atoms with Gasteiger partial charge in [-0.25, -0.2) is 0 Å². The summed E-state index contributed by atoms with van der Waals surface area (Å²) in [7, 11) is 0. The first-order chi connectivity index (χ1) is 11.3. The first-order valence-electron chi connectivity index (χ1n) is 9.69. The van der Waals surface area contributed by atoms with Crippen molar-refractivity contribution in [2.24, 2.45) is 11.3 Å². The monoisotopic (exact) mass is 338 g/mol. The highest BCUT2D eigenvalue weighted by atomic mass is 16.2. The van der Waals surface area contributed by atoms with E-state index in [1.807, 2.05) is 20.8 Å². The van der Waals surface area contributed by atoms with E-state index in [-0.39, 0.29) is 23.3 Å². The van der Waals surface area contributed by atoms with E-state index < -0.39 is 0 Å². The van der Waals surface area contributed by atoms with Crippen LogP contribution in [0.3, 0.4) is 0 Å². The van der Waals surface area contributed by atoms with E-state index in [2.05, 4.69) is 17.6 Å². The summed E-state index contributed by atoms with van der Waals surface area (Å²) in [6, 6.07) is 0.635. The van der Waals surface area contributed by atoms with Gasteiger partial charge in [0.05, 0.1) is 13.1 Å². The highest BCUT2D eigenvalue weighted by Crippen LogP contribution is 2.23. The molecular formula is C19H36N3O2+. The van der Waals surface area contributed by atoms with Crippen molar-refractivity contribution < 1.29 is 14.5 Å². The summed E-state index contributed by atoms with van der Waals surface area (Å²) in [5.41, 5.74) is -0.333. The predicted octanol–water partition coefficient (Wildman–Crippen LogP) is 0.891. The van der Waals surface area contributed by atoms with Crippen molar-refractivity contribution in [3.05, 3.63) is 0 Å². The molecule has 0 unspecified atom stereocenters. The number of nitrogens with one attached hydrogen (secondary N) is 3. The van der Waals surface area contributed by atoms with Gasteiger partial charge in [0.15, 0.2) is 6.54 Å². The zero-order valence-corrected chi connectivity index (χ0v) is 15.9. The molecule has 138 valence electrons. The molecule has 2 amide bonds. The minimum Gasteiger partial charge on any atom is -0.352 e. The van der Waals surface area contributed by atoms with Gasteiger partial charge in [-0.05, 0) is 18.8 Å². The molecule has 2 fully saturated rings. The molecule has 0 aromatic carbocycles. The lowest BCUT2D eigenvalue weighted by Crippen LogP contribution is -3.14. The highest BCUT2D eigenvalue weighted by molar-refractivity contribution is 5.81. The van der Waals surface area contributed by atoms with Crippen LogP contribution in [0.4, 0.5) is 0 Å². The molecule has 1 saturated heterocycles. The Morgan fingerprint density at radius 1 is 1.00 bits per heavy atom. The molecular weight excluding hydrogens is 302 g/mol. The molecule has 3 N–H and O–H groups in total. The van der Waals surface area contributed by atoms with Crippen LogP contribution < -0.4 is 15.5 Å². The molecule has 24 heavy (non-hydrogen) atoms. The summed E-state index contributed by atoms with van der Waals surface area (Å²) in [5.74, 6) is 0.928. The zero-order valence-electron chi connectivity index (χ0n) is 15.9. The number of amides is 2. The third-order valence-electron chi connectivity index (χ3n) is 5.58. The maximum atomic E-state index is 12.3. The number of carbonyl (C=O) groups is 2. The number of carbonyl (C=O) groups excluding carboxylic acids is 2. The fourth-order valence-corrected chi connectivity index (χ4v) is 3.76. The van der Waals surface area contributed by atoms with Crippen LogP contribution in [0.5, 0.6) is 0 Å². The molecule has 1 heterocycles. The van der Waals surface area contributed by atoms with Crippen molar-refractivity contribution in [3.8, 4) is 0 Å². The number of likely N-dealkylation sites (tertiary alicyclic amines) is 1. The Balaban J connectivity index is 1.69.